The van der Waals surface area contributed by atoms with Crippen LogP contribution in [-0.2, 0) is 6.42 Å². The van der Waals surface area contributed by atoms with Crippen LogP contribution in [-0.4, -0.2) is 5.16 Å². The zero-order valence-corrected chi connectivity index (χ0v) is 8.45. The summed E-state index contributed by atoms with van der Waals surface area (Å²) in [7, 11) is 0. The van der Waals surface area contributed by atoms with Gasteiger partial charge in [-0.25, -0.2) is 0 Å². The number of hydrogen-bond donors (Lipinski definition) is 1. The lowest BCUT2D eigenvalue weighted by Crippen LogP contribution is -1.92. The van der Waals surface area contributed by atoms with Crippen LogP contribution < -0.4 is 5.73 Å². The van der Waals surface area contributed by atoms with E-state index in [1.165, 1.54) is 0 Å². The van der Waals surface area contributed by atoms with E-state index in [1.807, 2.05) is 18.2 Å². The van der Waals surface area contributed by atoms with E-state index in [0.29, 0.717) is 5.92 Å². The highest BCUT2D eigenvalue weighted by atomic mass is 16.5. The van der Waals surface area contributed by atoms with Crippen molar-refractivity contribution in [1.82, 2.24) is 5.16 Å². The lowest BCUT2D eigenvalue weighted by atomic mass is 10.1. The van der Waals surface area contributed by atoms with Crippen molar-refractivity contribution in [3.63, 3.8) is 0 Å². The Morgan fingerprint density at radius 3 is 2.93 bits per heavy atom. The molecule has 0 fully saturated rings. The number of anilines is 1. The van der Waals surface area contributed by atoms with Gasteiger partial charge in [0.15, 0.2) is 0 Å². The molecule has 0 aliphatic carbocycles. The van der Waals surface area contributed by atoms with Gasteiger partial charge in [0, 0.05) is 17.5 Å². The van der Waals surface area contributed by atoms with E-state index in [4.69, 9.17) is 10.3 Å². The van der Waals surface area contributed by atoms with Crippen molar-refractivity contribution in [2.24, 2.45) is 5.92 Å². The first-order valence-corrected chi connectivity index (χ1v) is 4.80. The monoisotopic (exact) mass is 190 g/mol. The van der Waals surface area contributed by atoms with Gasteiger partial charge in [0.05, 0.1) is 0 Å². The van der Waals surface area contributed by atoms with E-state index in [0.717, 1.165) is 28.8 Å². The summed E-state index contributed by atoms with van der Waals surface area (Å²) < 4.78 is 5.28. The average molecular weight is 190 g/mol. The van der Waals surface area contributed by atoms with Gasteiger partial charge >= 0.3 is 0 Å². The summed E-state index contributed by atoms with van der Waals surface area (Å²) in [6.45, 7) is 4.31. The van der Waals surface area contributed by atoms with Crippen molar-refractivity contribution in [2.45, 2.75) is 20.3 Å². The predicted octanol–water partition coefficient (Wildman–Crippen LogP) is 2.61. The second kappa shape index (κ2) is 3.33. The largest absolute Gasteiger partial charge is 0.399 e. The Morgan fingerprint density at radius 1 is 1.43 bits per heavy atom. The Balaban J connectivity index is 2.50. The van der Waals surface area contributed by atoms with Gasteiger partial charge in [-0.2, -0.15) is 0 Å². The zero-order valence-electron chi connectivity index (χ0n) is 8.45. The lowest BCUT2D eigenvalue weighted by molar-refractivity contribution is 0.376. The number of hydrogen-bond acceptors (Lipinski definition) is 3. The minimum absolute atomic E-state index is 0.563. The molecular weight excluding hydrogens is 176 g/mol. The van der Waals surface area contributed by atoms with Crippen molar-refractivity contribution >= 4 is 16.6 Å². The van der Waals surface area contributed by atoms with Gasteiger partial charge in [0.1, 0.15) is 11.3 Å². The lowest BCUT2D eigenvalue weighted by Gasteiger charge is -1.99. The van der Waals surface area contributed by atoms with Crippen molar-refractivity contribution in [2.75, 3.05) is 5.73 Å². The van der Waals surface area contributed by atoms with E-state index in [2.05, 4.69) is 19.0 Å². The first-order valence-electron chi connectivity index (χ1n) is 4.80. The summed E-state index contributed by atoms with van der Waals surface area (Å²) in [5.74, 6) is 1.50. The first kappa shape index (κ1) is 9.06. The number of rotatable bonds is 2. The Morgan fingerprint density at radius 2 is 2.21 bits per heavy atom. The summed E-state index contributed by atoms with van der Waals surface area (Å²) in [6, 6.07) is 5.64. The third-order valence-corrected chi connectivity index (χ3v) is 2.17. The maximum Gasteiger partial charge on any atom is 0.144 e. The van der Waals surface area contributed by atoms with Crippen LogP contribution in [0.5, 0.6) is 0 Å². The predicted molar refractivity (Wildman–Crippen MR) is 57.0 cm³/mol. The van der Waals surface area contributed by atoms with Crippen LogP contribution in [0.2, 0.25) is 0 Å². The van der Waals surface area contributed by atoms with Gasteiger partial charge in [-0.3, -0.25) is 0 Å². The number of nitrogens with two attached hydrogens (primary N) is 1. The standard InChI is InChI=1S/C11H14N2O/c1-7(2)5-11-9-6-8(12)3-4-10(9)13-14-11/h3-4,6-7H,5,12H2,1-2H3. The minimum atomic E-state index is 0.563. The Labute approximate surface area is 82.9 Å². The highest BCUT2D eigenvalue weighted by molar-refractivity contribution is 5.83. The zero-order chi connectivity index (χ0) is 10.1. The Bertz CT molecular complexity index is 445. The van der Waals surface area contributed by atoms with Crippen LogP contribution in [0.3, 0.4) is 0 Å². The topological polar surface area (TPSA) is 52.0 Å². The van der Waals surface area contributed by atoms with Crippen LogP contribution in [0.4, 0.5) is 5.69 Å². The highest BCUT2D eigenvalue weighted by Gasteiger charge is 2.09. The summed E-state index contributed by atoms with van der Waals surface area (Å²) >= 11 is 0. The summed E-state index contributed by atoms with van der Waals surface area (Å²) in [5.41, 5.74) is 7.35. The fraction of sp³-hybridized carbons (Fsp3) is 0.364. The SMILES string of the molecule is CC(C)Cc1onc2ccc(N)cc12. The number of nitrogen functional groups attached to an aromatic ring is 1. The molecule has 74 valence electrons. The second-order valence-corrected chi connectivity index (χ2v) is 3.98. The number of aromatic nitrogens is 1. The van der Waals surface area contributed by atoms with E-state index >= 15 is 0 Å². The second-order valence-electron chi connectivity index (χ2n) is 3.98. The molecule has 1 aromatic carbocycles. The molecule has 14 heavy (non-hydrogen) atoms. The van der Waals surface area contributed by atoms with E-state index in [-0.39, 0.29) is 0 Å². The molecule has 0 amide bonds. The van der Waals surface area contributed by atoms with E-state index in [9.17, 15) is 0 Å². The van der Waals surface area contributed by atoms with Crippen LogP contribution in [0, 0.1) is 5.92 Å². The smallest absolute Gasteiger partial charge is 0.144 e. The van der Waals surface area contributed by atoms with Crippen molar-refractivity contribution < 1.29 is 4.52 Å². The number of fused-ring (bicyclic) bond motifs is 1. The molecule has 0 aliphatic rings. The third-order valence-electron chi connectivity index (χ3n) is 2.17. The summed E-state index contributed by atoms with van der Waals surface area (Å²) in [6.07, 6.45) is 0.903. The van der Waals surface area contributed by atoms with E-state index in [1.54, 1.807) is 0 Å². The van der Waals surface area contributed by atoms with Crippen molar-refractivity contribution in [3.05, 3.63) is 24.0 Å². The van der Waals surface area contributed by atoms with Crippen LogP contribution >= 0.6 is 0 Å². The molecule has 1 aromatic heterocycles. The molecule has 1 heterocycles. The average Bonchev–Trinajstić information content (AvgIpc) is 2.47. The van der Waals surface area contributed by atoms with Crippen molar-refractivity contribution in [3.8, 4) is 0 Å². The molecule has 0 spiro atoms. The molecule has 0 unspecified atom stereocenters. The summed E-state index contributed by atoms with van der Waals surface area (Å²) in [4.78, 5) is 0. The van der Waals surface area contributed by atoms with Gasteiger partial charge in [0.2, 0.25) is 0 Å². The van der Waals surface area contributed by atoms with Gasteiger partial charge in [0.25, 0.3) is 0 Å². The summed E-state index contributed by atoms with van der Waals surface area (Å²) in [5, 5.41) is 5.02. The third kappa shape index (κ3) is 1.58. The molecule has 0 saturated heterocycles. The molecule has 2 aromatic rings. The Kier molecular flexibility index (Phi) is 2.15. The highest BCUT2D eigenvalue weighted by Crippen LogP contribution is 2.22. The quantitative estimate of drug-likeness (QED) is 0.740. The molecule has 0 saturated carbocycles. The molecule has 2 rings (SSSR count). The van der Waals surface area contributed by atoms with Gasteiger partial charge in [-0.1, -0.05) is 19.0 Å². The molecule has 0 radical (unpaired) electrons. The Hall–Kier alpha value is -1.51. The molecule has 3 heteroatoms. The van der Waals surface area contributed by atoms with Crippen molar-refractivity contribution in [1.29, 1.82) is 0 Å². The molecular formula is C11H14N2O. The fourth-order valence-electron chi connectivity index (χ4n) is 1.53. The van der Waals surface area contributed by atoms with Crippen LogP contribution in [0.15, 0.2) is 22.7 Å². The van der Waals surface area contributed by atoms with Gasteiger partial charge in [-0.05, 0) is 24.1 Å². The van der Waals surface area contributed by atoms with Gasteiger partial charge in [-0.15, -0.1) is 0 Å². The van der Waals surface area contributed by atoms with Crippen LogP contribution in [0.1, 0.15) is 19.6 Å². The molecule has 0 aliphatic heterocycles. The first-order chi connectivity index (χ1) is 6.66. The molecule has 0 atom stereocenters. The maximum atomic E-state index is 5.71. The molecule has 3 nitrogen and oxygen atoms in total. The maximum absolute atomic E-state index is 5.71. The van der Waals surface area contributed by atoms with Gasteiger partial charge < -0.3 is 10.3 Å². The molecule has 2 N–H and O–H groups in total. The molecule has 0 bridgehead atoms. The number of nitrogens with zero attached hydrogens (tertiary/aromatic N) is 1. The fourth-order valence-corrected chi connectivity index (χ4v) is 1.53. The minimum Gasteiger partial charge on any atom is -0.399 e. The number of benzene rings is 1. The van der Waals surface area contributed by atoms with Crippen LogP contribution in [0.25, 0.3) is 10.9 Å². The van der Waals surface area contributed by atoms with E-state index < -0.39 is 0 Å². The normalized spacial score (nSPS) is 11.4.